The molecule has 0 aromatic carbocycles. The van der Waals surface area contributed by atoms with Crippen molar-refractivity contribution in [3.05, 3.63) is 0 Å². The highest BCUT2D eigenvalue weighted by Crippen LogP contribution is 2.58. The van der Waals surface area contributed by atoms with Crippen LogP contribution in [0, 0.1) is 11.3 Å². The third kappa shape index (κ3) is 2.31. The van der Waals surface area contributed by atoms with Crippen LogP contribution >= 0.6 is 0 Å². The molecule has 1 aliphatic heterocycles. The van der Waals surface area contributed by atoms with E-state index < -0.39 is 42.0 Å². The molecule has 1 heterocycles. The molecule has 2 atom stereocenters. The van der Waals surface area contributed by atoms with Gasteiger partial charge in [0, 0.05) is 15.7 Å². The summed E-state index contributed by atoms with van der Waals surface area (Å²) in [6.45, 7) is 1.67. The van der Waals surface area contributed by atoms with Crippen LogP contribution in [0.2, 0.25) is 0 Å². The fourth-order valence-electron chi connectivity index (χ4n) is 1.87. The highest BCUT2D eigenvalue weighted by molar-refractivity contribution is 5.83. The number of hydrogen-bond acceptors (Lipinski definition) is 4. The summed E-state index contributed by atoms with van der Waals surface area (Å²) in [5.74, 6) is -1.73. The van der Waals surface area contributed by atoms with Crippen molar-refractivity contribution in [3.63, 3.8) is 0 Å². The van der Waals surface area contributed by atoms with Crippen molar-refractivity contribution in [2.24, 2.45) is 11.3 Å². The number of likely N-dealkylation sites (tertiary alicyclic amines) is 1. The maximum absolute atomic E-state index is 12.3. The van der Waals surface area contributed by atoms with Crippen LogP contribution in [0.25, 0.3) is 0 Å². The first-order chi connectivity index (χ1) is 9.82. The van der Waals surface area contributed by atoms with Gasteiger partial charge in [-0.2, -0.15) is 0 Å². The number of carbonyl (C=O) groups is 2. The summed E-state index contributed by atoms with van der Waals surface area (Å²) in [5.41, 5.74) is -2.55. The maximum Gasteiger partial charge on any atom is 0.410 e. The van der Waals surface area contributed by atoms with Gasteiger partial charge in [-0.3, -0.25) is 4.79 Å². The van der Waals surface area contributed by atoms with Gasteiger partial charge in [0.1, 0.15) is 5.60 Å². The van der Waals surface area contributed by atoms with Crippen LogP contribution in [-0.2, 0) is 14.3 Å². The second-order valence-corrected chi connectivity index (χ2v) is 5.51. The smallest absolute Gasteiger partial charge is 0.410 e. The Morgan fingerprint density at radius 3 is 2.72 bits per heavy atom. The predicted molar refractivity (Wildman–Crippen MR) is 65.0 cm³/mol. The molecule has 0 N–H and O–H groups in total. The van der Waals surface area contributed by atoms with Crippen LogP contribution in [0.1, 0.15) is 39.6 Å². The Hall–Kier alpha value is -1.26. The zero-order valence-electron chi connectivity index (χ0n) is 15.1. The van der Waals surface area contributed by atoms with Crippen LogP contribution in [0.4, 0.5) is 4.79 Å². The normalized spacial score (nSPS) is 38.7. The molecule has 1 aliphatic carbocycles. The second kappa shape index (κ2) is 4.14. The highest BCUT2D eigenvalue weighted by Gasteiger charge is 2.67. The molecule has 102 valence electrons. The average molecular weight is 259 g/mol. The van der Waals surface area contributed by atoms with E-state index in [9.17, 15) is 9.59 Å². The minimum Gasteiger partial charge on any atom is -0.466 e. The van der Waals surface area contributed by atoms with Gasteiger partial charge in [0.15, 0.2) is 0 Å². The lowest BCUT2D eigenvalue weighted by atomic mass is 10.1. The lowest BCUT2D eigenvalue weighted by Gasteiger charge is -2.26. The van der Waals surface area contributed by atoms with Crippen LogP contribution in [-0.4, -0.2) is 42.2 Å². The van der Waals surface area contributed by atoms with Gasteiger partial charge < -0.3 is 14.4 Å². The molecule has 1 saturated heterocycles. The summed E-state index contributed by atoms with van der Waals surface area (Å²) in [4.78, 5) is 24.8. The Labute approximate surface area is 113 Å². The first kappa shape index (κ1) is 8.77. The molecule has 0 aromatic rings. The van der Waals surface area contributed by atoms with E-state index in [-0.39, 0.29) is 13.0 Å². The van der Waals surface area contributed by atoms with Crippen LogP contribution in [0.3, 0.4) is 0 Å². The molecule has 2 fully saturated rings. The molecule has 2 aliphatic rings. The molecule has 0 aromatic heterocycles. The van der Waals surface area contributed by atoms with E-state index >= 15 is 0 Å². The zero-order chi connectivity index (χ0) is 17.1. The fraction of sp³-hybridized carbons (Fsp3) is 0.846. The van der Waals surface area contributed by atoms with Gasteiger partial charge in [0.05, 0.1) is 14.8 Å². The molecule has 0 spiro atoms. The Balaban J connectivity index is 2.37. The summed E-state index contributed by atoms with van der Waals surface area (Å²) in [7, 11) is 0. The monoisotopic (exact) mass is 259 g/mol. The number of carbonyl (C=O) groups excluding carboxylic acids is 2. The molecule has 5 nitrogen and oxygen atoms in total. The minimum atomic E-state index is -2.50. The van der Waals surface area contributed by atoms with Crippen molar-refractivity contribution in [2.45, 2.75) is 39.7 Å². The standard InChI is InChI=1S/C13H21NO4/c1-5-17-10(15)13-6-9(13)7-14(8-13)11(16)18-12(2,3)4/h9H,5-8H2,1-4H3/i7D2,8D2. The molecule has 18 heavy (non-hydrogen) atoms. The van der Waals surface area contributed by atoms with Crippen LogP contribution in [0.15, 0.2) is 0 Å². The summed E-state index contributed by atoms with van der Waals surface area (Å²) < 4.78 is 42.6. The van der Waals surface area contributed by atoms with Gasteiger partial charge in [-0.1, -0.05) is 0 Å². The number of nitrogens with zero attached hydrogens (tertiary/aromatic N) is 1. The Bertz CT molecular complexity index is 517. The third-order valence-electron chi connectivity index (χ3n) is 2.77. The number of fused-ring (bicyclic) bond motifs is 1. The van der Waals surface area contributed by atoms with Crippen molar-refractivity contribution < 1.29 is 24.5 Å². The van der Waals surface area contributed by atoms with Crippen molar-refractivity contribution in [2.75, 3.05) is 19.6 Å². The average Bonchev–Trinajstić information content (AvgIpc) is 2.99. The SMILES string of the molecule is [2H]C1([2H])C2CC2(C(=O)OCC)C([2H])([2H])N1C(=O)OC(C)(C)C. The van der Waals surface area contributed by atoms with E-state index in [0.717, 1.165) is 0 Å². The molecule has 1 amide bonds. The van der Waals surface area contributed by atoms with Gasteiger partial charge in [-0.15, -0.1) is 0 Å². The van der Waals surface area contributed by atoms with Gasteiger partial charge >= 0.3 is 12.1 Å². The molecule has 5 heteroatoms. The van der Waals surface area contributed by atoms with Crippen LogP contribution in [0.5, 0.6) is 0 Å². The summed E-state index contributed by atoms with van der Waals surface area (Å²) in [6, 6.07) is 0. The summed E-state index contributed by atoms with van der Waals surface area (Å²) in [5, 5.41) is 0. The predicted octanol–water partition coefficient (Wildman–Crippen LogP) is 1.81. The molecule has 0 bridgehead atoms. The first-order valence-electron chi connectivity index (χ1n) is 8.03. The lowest BCUT2D eigenvalue weighted by Crippen LogP contribution is -2.38. The number of amides is 1. The summed E-state index contributed by atoms with van der Waals surface area (Å²) in [6.07, 6.45) is -1.09. The molecular weight excluding hydrogens is 234 g/mol. The summed E-state index contributed by atoms with van der Waals surface area (Å²) >= 11 is 0. The van der Waals surface area contributed by atoms with E-state index in [0.29, 0.717) is 4.90 Å². The number of ether oxygens (including phenoxy) is 2. The molecule has 2 rings (SSSR count). The van der Waals surface area contributed by atoms with Crippen molar-refractivity contribution in [3.8, 4) is 0 Å². The largest absolute Gasteiger partial charge is 0.466 e. The Morgan fingerprint density at radius 1 is 1.50 bits per heavy atom. The lowest BCUT2D eigenvalue weighted by molar-refractivity contribution is -0.149. The number of rotatable bonds is 2. The van der Waals surface area contributed by atoms with Crippen molar-refractivity contribution in [1.29, 1.82) is 0 Å². The van der Waals surface area contributed by atoms with E-state index in [2.05, 4.69) is 0 Å². The van der Waals surface area contributed by atoms with E-state index in [4.69, 9.17) is 15.0 Å². The molecule has 2 unspecified atom stereocenters. The Morgan fingerprint density at radius 2 is 2.17 bits per heavy atom. The van der Waals surface area contributed by atoms with E-state index in [1.54, 1.807) is 27.7 Å². The quantitative estimate of drug-likeness (QED) is 0.710. The molecule has 1 saturated carbocycles. The Kier molecular flexibility index (Phi) is 2.02. The van der Waals surface area contributed by atoms with Crippen LogP contribution < -0.4 is 0 Å². The van der Waals surface area contributed by atoms with Crippen molar-refractivity contribution >= 4 is 12.1 Å². The number of esters is 1. The minimum absolute atomic E-state index is 0.0190. The zero-order valence-corrected chi connectivity index (χ0v) is 11.1. The fourth-order valence-corrected chi connectivity index (χ4v) is 1.87. The number of piperidine rings is 1. The molecular formula is C13H21NO4. The van der Waals surface area contributed by atoms with E-state index in [1.165, 1.54) is 0 Å². The van der Waals surface area contributed by atoms with Gasteiger partial charge in [0.2, 0.25) is 0 Å². The molecule has 0 radical (unpaired) electrons. The highest BCUT2D eigenvalue weighted by atomic mass is 16.6. The third-order valence-corrected chi connectivity index (χ3v) is 2.77. The van der Waals surface area contributed by atoms with Gasteiger partial charge in [0.25, 0.3) is 0 Å². The topological polar surface area (TPSA) is 55.8 Å². The van der Waals surface area contributed by atoms with Gasteiger partial charge in [-0.05, 0) is 40.0 Å². The maximum atomic E-state index is 12.3. The second-order valence-electron chi connectivity index (χ2n) is 5.51. The van der Waals surface area contributed by atoms with Gasteiger partial charge in [-0.25, -0.2) is 4.79 Å². The van der Waals surface area contributed by atoms with E-state index in [1.807, 2.05) is 0 Å². The number of hydrogen-bond donors (Lipinski definition) is 0. The first-order valence-corrected chi connectivity index (χ1v) is 6.03. The van der Waals surface area contributed by atoms with Crippen molar-refractivity contribution in [1.82, 2.24) is 4.90 Å².